The molecule has 1 aliphatic carbocycles. The lowest BCUT2D eigenvalue weighted by Crippen LogP contribution is -2.49. The normalized spacial score (nSPS) is 13.5. The van der Waals surface area contributed by atoms with Gasteiger partial charge in [0.15, 0.2) is 0 Å². The van der Waals surface area contributed by atoms with Crippen LogP contribution in [0, 0.1) is 0 Å². The number of alkyl carbamates (subject to hydrolysis) is 1. The SMILES string of the molecule is O=C(O)CCCCCNC(=O)C(CC(F)(F)F)NC(=O)OCC1c2ccccc2-c2ccccc21. The lowest BCUT2D eigenvalue weighted by Gasteiger charge is -2.20. The zero-order chi connectivity index (χ0) is 25.4. The molecule has 0 saturated heterocycles. The summed E-state index contributed by atoms with van der Waals surface area (Å²) in [5.41, 5.74) is 3.92. The van der Waals surface area contributed by atoms with Gasteiger partial charge >= 0.3 is 18.2 Å². The van der Waals surface area contributed by atoms with Crippen molar-refractivity contribution in [1.29, 1.82) is 0 Å². The lowest BCUT2D eigenvalue weighted by atomic mass is 9.98. The smallest absolute Gasteiger partial charge is 0.407 e. The van der Waals surface area contributed by atoms with Crippen LogP contribution in [-0.4, -0.2) is 48.4 Å². The fraction of sp³-hybridized carbons (Fsp3) is 0.400. The molecule has 0 bridgehead atoms. The van der Waals surface area contributed by atoms with Crippen LogP contribution in [0.15, 0.2) is 48.5 Å². The molecule has 1 aliphatic rings. The highest BCUT2D eigenvalue weighted by Gasteiger charge is 2.37. The number of aliphatic carboxylic acids is 1. The molecular formula is C25H27F3N2O5. The molecule has 3 N–H and O–H groups in total. The number of carboxylic acids is 1. The molecule has 35 heavy (non-hydrogen) atoms. The van der Waals surface area contributed by atoms with E-state index >= 15 is 0 Å². The summed E-state index contributed by atoms with van der Waals surface area (Å²) in [5.74, 6) is -2.19. The summed E-state index contributed by atoms with van der Waals surface area (Å²) in [6.45, 7) is -0.0248. The molecule has 0 aliphatic heterocycles. The van der Waals surface area contributed by atoms with Crippen molar-refractivity contribution < 1.29 is 37.4 Å². The molecule has 2 aromatic rings. The van der Waals surface area contributed by atoms with Gasteiger partial charge in [0.05, 0.1) is 6.42 Å². The van der Waals surface area contributed by atoms with E-state index in [1.54, 1.807) is 0 Å². The molecule has 0 saturated carbocycles. The van der Waals surface area contributed by atoms with Crippen LogP contribution >= 0.6 is 0 Å². The molecule has 2 aromatic carbocycles. The molecule has 1 unspecified atom stereocenters. The van der Waals surface area contributed by atoms with Gasteiger partial charge in [0.2, 0.25) is 5.91 Å². The van der Waals surface area contributed by atoms with E-state index in [-0.39, 0.29) is 25.5 Å². The first-order valence-electron chi connectivity index (χ1n) is 11.3. The predicted octanol–water partition coefficient (Wildman–Crippen LogP) is 4.61. The maximum Gasteiger partial charge on any atom is 0.407 e. The van der Waals surface area contributed by atoms with E-state index in [1.165, 1.54) is 0 Å². The van der Waals surface area contributed by atoms with Gasteiger partial charge in [0, 0.05) is 18.9 Å². The van der Waals surface area contributed by atoms with Crippen molar-refractivity contribution in [3.8, 4) is 11.1 Å². The third-order valence-corrected chi connectivity index (χ3v) is 5.75. The summed E-state index contributed by atoms with van der Waals surface area (Å²) in [5, 5.41) is 13.0. The average Bonchev–Trinajstić information content (AvgIpc) is 3.12. The Balaban J connectivity index is 1.56. The number of alkyl halides is 3. The Kier molecular flexibility index (Phi) is 8.73. The Morgan fingerprint density at radius 2 is 1.54 bits per heavy atom. The van der Waals surface area contributed by atoms with Gasteiger partial charge in [-0.15, -0.1) is 0 Å². The van der Waals surface area contributed by atoms with Crippen molar-refractivity contribution >= 4 is 18.0 Å². The number of hydrogen-bond donors (Lipinski definition) is 3. The van der Waals surface area contributed by atoms with E-state index < -0.39 is 36.6 Å². The fourth-order valence-electron chi connectivity index (χ4n) is 4.14. The second-order valence-corrected chi connectivity index (χ2v) is 8.34. The first kappa shape index (κ1) is 26.1. The summed E-state index contributed by atoms with van der Waals surface area (Å²) in [4.78, 5) is 35.2. The summed E-state index contributed by atoms with van der Waals surface area (Å²) in [7, 11) is 0. The van der Waals surface area contributed by atoms with Gasteiger partial charge in [-0.1, -0.05) is 55.0 Å². The molecule has 3 rings (SSSR count). The highest BCUT2D eigenvalue weighted by atomic mass is 19.4. The Morgan fingerprint density at radius 1 is 0.943 bits per heavy atom. The van der Waals surface area contributed by atoms with Gasteiger partial charge in [0.1, 0.15) is 12.6 Å². The van der Waals surface area contributed by atoms with Crippen LogP contribution in [0.5, 0.6) is 0 Å². The second-order valence-electron chi connectivity index (χ2n) is 8.34. The van der Waals surface area contributed by atoms with Gasteiger partial charge in [-0.05, 0) is 35.1 Å². The summed E-state index contributed by atoms with van der Waals surface area (Å²) >= 11 is 0. The summed E-state index contributed by atoms with van der Waals surface area (Å²) < 4.78 is 44.3. The van der Waals surface area contributed by atoms with E-state index in [4.69, 9.17) is 9.84 Å². The van der Waals surface area contributed by atoms with Crippen molar-refractivity contribution in [2.75, 3.05) is 13.2 Å². The van der Waals surface area contributed by atoms with Gasteiger partial charge in [-0.3, -0.25) is 9.59 Å². The van der Waals surface area contributed by atoms with Crippen molar-refractivity contribution in [3.05, 3.63) is 59.7 Å². The number of carbonyl (C=O) groups excluding carboxylic acids is 2. The van der Waals surface area contributed by atoms with Gasteiger partial charge < -0.3 is 20.5 Å². The maximum absolute atomic E-state index is 13.0. The molecule has 0 fully saturated rings. The Morgan fingerprint density at radius 3 is 2.11 bits per heavy atom. The van der Waals surface area contributed by atoms with Crippen molar-refractivity contribution in [2.24, 2.45) is 0 Å². The van der Waals surface area contributed by atoms with Crippen LogP contribution in [0.4, 0.5) is 18.0 Å². The standard InChI is InChI=1S/C25H27F3N2O5/c26-25(27,28)14-21(23(33)29-13-7-1-2-12-22(31)32)30-24(34)35-15-20-18-10-5-3-8-16(18)17-9-4-6-11-19(17)20/h3-6,8-11,20-21H,1-2,7,12-15H2,(H,29,33)(H,30,34)(H,31,32). The quantitative estimate of drug-likeness (QED) is 0.398. The minimum atomic E-state index is -4.68. The Hall–Kier alpha value is -3.56. The molecule has 0 heterocycles. The van der Waals surface area contributed by atoms with E-state index in [2.05, 4.69) is 5.32 Å². The molecule has 1 atom stereocenters. The van der Waals surface area contributed by atoms with Crippen LogP contribution in [0.3, 0.4) is 0 Å². The number of unbranched alkanes of at least 4 members (excludes halogenated alkanes) is 2. The van der Waals surface area contributed by atoms with Crippen molar-refractivity contribution in [3.63, 3.8) is 0 Å². The number of amides is 2. The lowest BCUT2D eigenvalue weighted by molar-refractivity contribution is -0.149. The molecular weight excluding hydrogens is 465 g/mol. The maximum atomic E-state index is 13.0. The highest BCUT2D eigenvalue weighted by molar-refractivity contribution is 5.85. The number of carboxylic acid groups (broad SMARTS) is 1. The molecule has 0 aromatic heterocycles. The van der Waals surface area contributed by atoms with Crippen LogP contribution in [0.2, 0.25) is 0 Å². The third kappa shape index (κ3) is 7.46. The van der Waals surface area contributed by atoms with E-state index in [0.717, 1.165) is 22.3 Å². The summed E-state index contributed by atoms with van der Waals surface area (Å²) in [6, 6.07) is 13.4. The monoisotopic (exact) mass is 492 g/mol. The second kappa shape index (κ2) is 11.7. The number of benzene rings is 2. The molecule has 2 amide bonds. The number of carbonyl (C=O) groups is 3. The van der Waals surface area contributed by atoms with Crippen LogP contribution < -0.4 is 10.6 Å². The average molecular weight is 492 g/mol. The number of rotatable bonds is 11. The highest BCUT2D eigenvalue weighted by Crippen LogP contribution is 2.44. The van der Waals surface area contributed by atoms with Crippen LogP contribution in [-0.2, 0) is 14.3 Å². The predicted molar refractivity (Wildman–Crippen MR) is 122 cm³/mol. The van der Waals surface area contributed by atoms with Gasteiger partial charge in [0.25, 0.3) is 0 Å². The van der Waals surface area contributed by atoms with E-state index in [1.807, 2.05) is 53.8 Å². The van der Waals surface area contributed by atoms with Crippen LogP contribution in [0.1, 0.15) is 49.1 Å². The first-order chi connectivity index (χ1) is 16.7. The number of ether oxygens (including phenoxy) is 1. The Labute approximate surface area is 200 Å². The minimum absolute atomic E-state index is 0.0199. The molecule has 0 radical (unpaired) electrons. The first-order valence-corrected chi connectivity index (χ1v) is 11.3. The van der Waals surface area contributed by atoms with Crippen molar-refractivity contribution in [2.45, 2.75) is 50.2 Å². The molecule has 7 nitrogen and oxygen atoms in total. The number of halogens is 3. The molecule has 10 heteroatoms. The van der Waals surface area contributed by atoms with E-state index in [9.17, 15) is 27.6 Å². The van der Waals surface area contributed by atoms with Crippen LogP contribution in [0.25, 0.3) is 11.1 Å². The van der Waals surface area contributed by atoms with Gasteiger partial charge in [-0.2, -0.15) is 13.2 Å². The number of hydrogen-bond acceptors (Lipinski definition) is 4. The number of fused-ring (bicyclic) bond motifs is 3. The zero-order valence-electron chi connectivity index (χ0n) is 18.9. The molecule has 0 spiro atoms. The fourth-order valence-corrected chi connectivity index (χ4v) is 4.14. The Bertz CT molecular complexity index is 1010. The minimum Gasteiger partial charge on any atom is -0.481 e. The zero-order valence-corrected chi connectivity index (χ0v) is 18.9. The number of nitrogens with one attached hydrogen (secondary N) is 2. The van der Waals surface area contributed by atoms with Crippen molar-refractivity contribution in [1.82, 2.24) is 10.6 Å². The topological polar surface area (TPSA) is 105 Å². The largest absolute Gasteiger partial charge is 0.481 e. The van der Waals surface area contributed by atoms with E-state index in [0.29, 0.717) is 19.3 Å². The summed E-state index contributed by atoms with van der Waals surface area (Å²) in [6.07, 6.45) is -6.05. The molecule has 188 valence electrons. The van der Waals surface area contributed by atoms with Gasteiger partial charge in [-0.25, -0.2) is 4.79 Å². The third-order valence-electron chi connectivity index (χ3n) is 5.75.